The van der Waals surface area contributed by atoms with Crippen LogP contribution in [-0.2, 0) is 0 Å². The second-order valence-electron chi connectivity index (χ2n) is 6.75. The third kappa shape index (κ3) is 3.67. The molecular formula is C22H19N5O. The number of benzene rings is 1. The molecule has 1 aliphatic heterocycles. The van der Waals surface area contributed by atoms with Gasteiger partial charge >= 0.3 is 0 Å². The smallest absolute Gasteiger partial charge is 0.256 e. The molecular weight excluding hydrogens is 350 g/mol. The Bertz CT molecular complexity index is 1080. The van der Waals surface area contributed by atoms with E-state index in [0.717, 1.165) is 11.1 Å². The van der Waals surface area contributed by atoms with Crippen molar-refractivity contribution >= 4 is 17.4 Å². The average Bonchev–Trinajstić information content (AvgIpc) is 2.67. The van der Waals surface area contributed by atoms with Crippen LogP contribution in [0, 0.1) is 35.5 Å². The number of amides is 1. The molecule has 6 nitrogen and oxygen atoms in total. The summed E-state index contributed by atoms with van der Waals surface area (Å²) in [5, 5.41) is 22.0. The van der Waals surface area contributed by atoms with E-state index in [1.54, 1.807) is 44.3 Å². The molecule has 1 amide bonds. The van der Waals surface area contributed by atoms with Crippen LogP contribution >= 0.6 is 0 Å². The van der Waals surface area contributed by atoms with Gasteiger partial charge in [-0.15, -0.1) is 0 Å². The van der Waals surface area contributed by atoms with Gasteiger partial charge in [-0.2, -0.15) is 10.5 Å². The molecule has 0 saturated carbocycles. The minimum Gasteiger partial charge on any atom is -0.307 e. The predicted octanol–water partition coefficient (Wildman–Crippen LogP) is 4.14. The largest absolute Gasteiger partial charge is 0.307 e. The number of nitrogens with one attached hydrogen (secondary N) is 1. The van der Waals surface area contributed by atoms with Crippen LogP contribution in [0.3, 0.4) is 0 Å². The van der Waals surface area contributed by atoms with Gasteiger partial charge in [0.15, 0.2) is 0 Å². The van der Waals surface area contributed by atoms with Gasteiger partial charge in [0.25, 0.3) is 5.91 Å². The second-order valence-corrected chi connectivity index (χ2v) is 6.75. The highest BCUT2D eigenvalue weighted by Crippen LogP contribution is 2.38. The highest BCUT2D eigenvalue weighted by molar-refractivity contribution is 6.04. The average molecular weight is 369 g/mol. The van der Waals surface area contributed by atoms with E-state index in [4.69, 9.17) is 0 Å². The first-order chi connectivity index (χ1) is 13.4. The maximum absolute atomic E-state index is 12.7. The molecule has 2 aromatic rings. The number of nitrogens with zero attached hydrogens (tertiary/aromatic N) is 4. The van der Waals surface area contributed by atoms with Crippen LogP contribution in [0.1, 0.15) is 41.3 Å². The summed E-state index contributed by atoms with van der Waals surface area (Å²) in [4.78, 5) is 21.2. The molecule has 0 bridgehead atoms. The van der Waals surface area contributed by atoms with Gasteiger partial charge in [-0.25, -0.2) is 4.98 Å². The van der Waals surface area contributed by atoms with Crippen molar-refractivity contribution < 1.29 is 4.79 Å². The van der Waals surface area contributed by atoms with E-state index in [0.29, 0.717) is 28.4 Å². The zero-order chi connectivity index (χ0) is 20.3. The first-order valence-corrected chi connectivity index (χ1v) is 8.84. The molecule has 2 heterocycles. The summed E-state index contributed by atoms with van der Waals surface area (Å²) in [6.45, 7) is 5.48. The number of aliphatic imine (C=N–C) groups is 1. The molecule has 0 saturated heterocycles. The monoisotopic (exact) mass is 369 g/mol. The Morgan fingerprint density at radius 3 is 2.61 bits per heavy atom. The molecule has 6 heteroatoms. The highest BCUT2D eigenvalue weighted by atomic mass is 16.1. The van der Waals surface area contributed by atoms with Crippen molar-refractivity contribution in [2.24, 2.45) is 10.9 Å². The first kappa shape index (κ1) is 19.0. The topological polar surface area (TPSA) is 102 Å². The van der Waals surface area contributed by atoms with Crippen LogP contribution in [0.25, 0.3) is 0 Å². The van der Waals surface area contributed by atoms with Crippen molar-refractivity contribution in [3.63, 3.8) is 0 Å². The minimum atomic E-state index is -0.546. The van der Waals surface area contributed by atoms with E-state index in [1.165, 1.54) is 0 Å². The predicted molar refractivity (Wildman–Crippen MR) is 107 cm³/mol. The van der Waals surface area contributed by atoms with Crippen LogP contribution in [0.5, 0.6) is 0 Å². The molecule has 1 aliphatic rings. The summed E-state index contributed by atoms with van der Waals surface area (Å²) in [6.07, 6.45) is 1.63. The second kappa shape index (κ2) is 7.85. The Morgan fingerprint density at radius 2 is 1.93 bits per heavy atom. The van der Waals surface area contributed by atoms with Crippen molar-refractivity contribution in [2.75, 3.05) is 5.32 Å². The molecule has 2 atom stereocenters. The van der Waals surface area contributed by atoms with Crippen LogP contribution in [0.4, 0.5) is 5.82 Å². The number of allylic oxidation sites excluding steroid dienone is 2. The van der Waals surface area contributed by atoms with Gasteiger partial charge in [0.1, 0.15) is 5.82 Å². The van der Waals surface area contributed by atoms with Crippen LogP contribution in [-0.4, -0.2) is 16.6 Å². The molecule has 2 unspecified atom stereocenters. The summed E-state index contributed by atoms with van der Waals surface area (Å²) >= 11 is 0. The molecule has 0 aliphatic carbocycles. The number of nitriles is 2. The van der Waals surface area contributed by atoms with Crippen molar-refractivity contribution in [3.8, 4) is 12.1 Å². The maximum atomic E-state index is 12.7. The van der Waals surface area contributed by atoms with Crippen LogP contribution in [0.2, 0.25) is 0 Å². The van der Waals surface area contributed by atoms with E-state index in [-0.39, 0.29) is 5.91 Å². The fourth-order valence-corrected chi connectivity index (χ4v) is 3.37. The fraction of sp³-hybridized carbons (Fsp3) is 0.227. The number of rotatable bonds is 3. The van der Waals surface area contributed by atoms with E-state index in [1.807, 2.05) is 19.1 Å². The fourth-order valence-electron chi connectivity index (χ4n) is 3.37. The van der Waals surface area contributed by atoms with Gasteiger partial charge in [0.05, 0.1) is 29.3 Å². The van der Waals surface area contributed by atoms with Crippen LogP contribution in [0.15, 0.2) is 58.9 Å². The van der Waals surface area contributed by atoms with Crippen molar-refractivity contribution in [3.05, 3.63) is 70.6 Å². The SMILES string of the molecule is CC1=NC(C)=C(C#N)C(c2cccc(C(=O)Nc3cc(C)ccn3)c2)C1C#N. The van der Waals surface area contributed by atoms with Gasteiger partial charge in [-0.3, -0.25) is 9.79 Å². The molecule has 3 rings (SSSR count). The lowest BCUT2D eigenvalue weighted by Gasteiger charge is -2.27. The van der Waals surface area contributed by atoms with E-state index < -0.39 is 11.8 Å². The van der Waals surface area contributed by atoms with E-state index >= 15 is 0 Å². The normalized spacial score (nSPS) is 18.7. The number of aryl methyl sites for hydroxylation is 1. The molecule has 28 heavy (non-hydrogen) atoms. The van der Waals surface area contributed by atoms with Gasteiger partial charge in [-0.1, -0.05) is 12.1 Å². The highest BCUT2D eigenvalue weighted by Gasteiger charge is 2.34. The third-order valence-electron chi connectivity index (χ3n) is 4.75. The number of hydrogen-bond acceptors (Lipinski definition) is 5. The molecule has 1 aromatic carbocycles. The Labute approximate surface area is 163 Å². The number of pyridine rings is 1. The van der Waals surface area contributed by atoms with E-state index in [2.05, 4.69) is 27.4 Å². The van der Waals surface area contributed by atoms with Crippen molar-refractivity contribution in [1.82, 2.24) is 4.98 Å². The summed E-state index contributed by atoms with van der Waals surface area (Å²) < 4.78 is 0. The lowest BCUT2D eigenvalue weighted by atomic mass is 9.76. The molecule has 0 spiro atoms. The molecule has 1 aromatic heterocycles. The first-order valence-electron chi connectivity index (χ1n) is 8.84. The van der Waals surface area contributed by atoms with Gasteiger partial charge in [-0.05, 0) is 56.2 Å². The number of hydrogen-bond donors (Lipinski definition) is 1. The Kier molecular flexibility index (Phi) is 5.33. The zero-order valence-electron chi connectivity index (χ0n) is 15.9. The number of carbonyl (C=O) groups excluding carboxylic acids is 1. The number of anilines is 1. The Hall–Kier alpha value is -3.77. The lowest BCUT2D eigenvalue weighted by Crippen LogP contribution is -2.25. The van der Waals surface area contributed by atoms with Gasteiger partial charge < -0.3 is 5.32 Å². The molecule has 138 valence electrons. The quantitative estimate of drug-likeness (QED) is 0.878. The summed E-state index contributed by atoms with van der Waals surface area (Å²) in [5.41, 5.74) is 3.90. The summed E-state index contributed by atoms with van der Waals surface area (Å²) in [5.74, 6) is -0.819. The van der Waals surface area contributed by atoms with Crippen LogP contribution < -0.4 is 5.32 Å². The van der Waals surface area contributed by atoms with Gasteiger partial charge in [0, 0.05) is 23.4 Å². The standard InChI is InChI=1S/C22H19N5O/c1-13-7-8-25-20(9-13)27-22(28)17-6-4-5-16(10-17)21-18(11-23)14(2)26-15(3)19(21)12-24/h4-10,18,21H,1-3H3,(H,25,27,28). The number of aromatic nitrogens is 1. The number of carbonyl (C=O) groups is 1. The van der Waals surface area contributed by atoms with Crippen molar-refractivity contribution in [1.29, 1.82) is 10.5 Å². The molecule has 0 fully saturated rings. The Balaban J connectivity index is 1.96. The minimum absolute atomic E-state index is 0.297. The van der Waals surface area contributed by atoms with Gasteiger partial charge in [0.2, 0.25) is 0 Å². The summed E-state index contributed by atoms with van der Waals surface area (Å²) in [6, 6.07) is 15.1. The molecule has 1 N–H and O–H groups in total. The van der Waals surface area contributed by atoms with Crippen molar-refractivity contribution in [2.45, 2.75) is 26.7 Å². The lowest BCUT2D eigenvalue weighted by molar-refractivity contribution is 0.102. The summed E-state index contributed by atoms with van der Waals surface area (Å²) in [7, 11) is 0. The maximum Gasteiger partial charge on any atom is 0.256 e. The zero-order valence-corrected chi connectivity index (χ0v) is 15.9. The molecule has 0 radical (unpaired) electrons. The van der Waals surface area contributed by atoms with E-state index in [9.17, 15) is 15.3 Å². The Morgan fingerprint density at radius 1 is 1.14 bits per heavy atom. The third-order valence-corrected chi connectivity index (χ3v) is 4.75.